The lowest BCUT2D eigenvalue weighted by Crippen LogP contribution is -2.27. The van der Waals surface area contributed by atoms with E-state index < -0.39 is 5.91 Å². The lowest BCUT2D eigenvalue weighted by molar-refractivity contribution is -0.115. The van der Waals surface area contributed by atoms with Crippen LogP contribution in [-0.2, 0) is 4.79 Å². The van der Waals surface area contributed by atoms with Gasteiger partial charge in [-0.1, -0.05) is 36.7 Å². The smallest absolute Gasteiger partial charge is 0.262 e. The summed E-state index contributed by atoms with van der Waals surface area (Å²) in [5, 5.41) is 1.23. The number of para-hydroxylation sites is 1. The van der Waals surface area contributed by atoms with Gasteiger partial charge in [-0.3, -0.25) is 14.2 Å². The maximum absolute atomic E-state index is 12.8. The maximum atomic E-state index is 12.8. The number of aromatic nitrogens is 2. The van der Waals surface area contributed by atoms with Crippen molar-refractivity contribution in [2.45, 2.75) is 36.9 Å². The van der Waals surface area contributed by atoms with Crippen LogP contribution in [0.25, 0.3) is 10.9 Å². The second-order valence-corrected chi connectivity index (χ2v) is 6.22. The van der Waals surface area contributed by atoms with Crippen LogP contribution in [-0.4, -0.2) is 21.2 Å². The number of amides is 1. The summed E-state index contributed by atoms with van der Waals surface area (Å²) in [5.74, 6) is -0.266. The first-order valence-electron chi connectivity index (χ1n) is 7.09. The van der Waals surface area contributed by atoms with E-state index in [1.54, 1.807) is 10.6 Å². The molecule has 1 aromatic carbocycles. The van der Waals surface area contributed by atoms with Gasteiger partial charge in [0.1, 0.15) is 0 Å². The first-order valence-corrected chi connectivity index (χ1v) is 8.08. The monoisotopic (exact) mass is 303 g/mol. The third-order valence-corrected chi connectivity index (χ3v) is 4.78. The van der Waals surface area contributed by atoms with Gasteiger partial charge in [0.15, 0.2) is 5.16 Å². The number of carbonyl (C=O) groups excluding carboxylic acids is 1. The SMILES string of the molecule is NC(=O)CSc1nc2ccccc2c(=O)n1C1CCCC1. The molecular formula is C15H17N3O2S. The molecule has 0 atom stereocenters. The quantitative estimate of drug-likeness (QED) is 0.693. The molecule has 5 nitrogen and oxygen atoms in total. The molecule has 0 aliphatic heterocycles. The van der Waals surface area contributed by atoms with Gasteiger partial charge in [-0.25, -0.2) is 4.98 Å². The Kier molecular flexibility index (Phi) is 3.96. The van der Waals surface area contributed by atoms with E-state index in [1.165, 1.54) is 11.8 Å². The second-order valence-electron chi connectivity index (χ2n) is 5.28. The van der Waals surface area contributed by atoms with Crippen LogP contribution < -0.4 is 11.3 Å². The molecule has 1 saturated carbocycles. The highest BCUT2D eigenvalue weighted by atomic mass is 32.2. The maximum Gasteiger partial charge on any atom is 0.262 e. The Morgan fingerprint density at radius 1 is 1.33 bits per heavy atom. The Hall–Kier alpha value is -1.82. The molecule has 1 amide bonds. The normalized spacial score (nSPS) is 15.6. The van der Waals surface area contributed by atoms with Crippen molar-refractivity contribution in [2.75, 3.05) is 5.75 Å². The molecule has 0 spiro atoms. The summed E-state index contributed by atoms with van der Waals surface area (Å²) < 4.78 is 1.77. The van der Waals surface area contributed by atoms with Crippen LogP contribution in [0.1, 0.15) is 31.7 Å². The van der Waals surface area contributed by atoms with Gasteiger partial charge in [-0.2, -0.15) is 0 Å². The number of benzene rings is 1. The summed E-state index contributed by atoms with van der Waals surface area (Å²) in [6, 6.07) is 7.52. The van der Waals surface area contributed by atoms with Crippen molar-refractivity contribution in [1.82, 2.24) is 9.55 Å². The Labute approximate surface area is 126 Å². The van der Waals surface area contributed by atoms with Crippen molar-refractivity contribution in [3.8, 4) is 0 Å². The molecule has 1 aromatic heterocycles. The van der Waals surface area contributed by atoms with E-state index in [4.69, 9.17) is 5.73 Å². The minimum atomic E-state index is -0.402. The Balaban J connectivity index is 2.14. The molecule has 2 aromatic rings. The molecule has 1 heterocycles. The average Bonchev–Trinajstić information content (AvgIpc) is 2.99. The number of rotatable bonds is 4. The summed E-state index contributed by atoms with van der Waals surface area (Å²) in [7, 11) is 0. The van der Waals surface area contributed by atoms with Gasteiger partial charge in [0.25, 0.3) is 5.56 Å². The van der Waals surface area contributed by atoms with E-state index in [0.29, 0.717) is 16.1 Å². The van der Waals surface area contributed by atoms with E-state index >= 15 is 0 Å². The largest absolute Gasteiger partial charge is 0.369 e. The molecule has 0 radical (unpaired) electrons. The predicted molar refractivity (Wildman–Crippen MR) is 83.4 cm³/mol. The zero-order valence-corrected chi connectivity index (χ0v) is 12.4. The van der Waals surface area contributed by atoms with Crippen molar-refractivity contribution < 1.29 is 4.79 Å². The summed E-state index contributed by atoms with van der Waals surface area (Å²) in [5.41, 5.74) is 5.88. The second kappa shape index (κ2) is 5.89. The summed E-state index contributed by atoms with van der Waals surface area (Å²) in [6.45, 7) is 0. The number of thioether (sulfide) groups is 1. The van der Waals surface area contributed by atoms with Crippen molar-refractivity contribution in [1.29, 1.82) is 0 Å². The van der Waals surface area contributed by atoms with Gasteiger partial charge >= 0.3 is 0 Å². The third-order valence-electron chi connectivity index (χ3n) is 3.81. The van der Waals surface area contributed by atoms with Crippen LogP contribution in [0, 0.1) is 0 Å². The highest BCUT2D eigenvalue weighted by Gasteiger charge is 2.23. The van der Waals surface area contributed by atoms with Gasteiger partial charge in [-0.05, 0) is 25.0 Å². The fourth-order valence-electron chi connectivity index (χ4n) is 2.85. The molecular weight excluding hydrogens is 286 g/mol. The van der Waals surface area contributed by atoms with Crippen molar-refractivity contribution in [2.24, 2.45) is 5.73 Å². The molecule has 6 heteroatoms. The van der Waals surface area contributed by atoms with E-state index in [2.05, 4.69) is 4.98 Å². The van der Waals surface area contributed by atoms with Crippen LogP contribution in [0.3, 0.4) is 0 Å². The molecule has 1 fully saturated rings. The highest BCUT2D eigenvalue weighted by molar-refractivity contribution is 7.99. The number of hydrogen-bond donors (Lipinski definition) is 1. The van der Waals surface area contributed by atoms with Gasteiger partial charge in [0.2, 0.25) is 5.91 Å². The van der Waals surface area contributed by atoms with Gasteiger partial charge < -0.3 is 5.73 Å². The summed E-state index contributed by atoms with van der Waals surface area (Å²) >= 11 is 1.25. The molecule has 21 heavy (non-hydrogen) atoms. The first kappa shape index (κ1) is 14.1. The number of hydrogen-bond acceptors (Lipinski definition) is 4. The summed E-state index contributed by atoms with van der Waals surface area (Å²) in [4.78, 5) is 28.4. The number of nitrogens with zero attached hydrogens (tertiary/aromatic N) is 2. The van der Waals surface area contributed by atoms with Gasteiger partial charge in [-0.15, -0.1) is 0 Å². The number of carbonyl (C=O) groups is 1. The van der Waals surface area contributed by atoms with Gasteiger partial charge in [0.05, 0.1) is 16.7 Å². The average molecular weight is 303 g/mol. The Bertz CT molecular complexity index is 735. The van der Waals surface area contributed by atoms with Crippen molar-refractivity contribution >= 4 is 28.6 Å². The van der Waals surface area contributed by atoms with Crippen molar-refractivity contribution in [3.63, 3.8) is 0 Å². The Morgan fingerprint density at radius 2 is 2.05 bits per heavy atom. The van der Waals surface area contributed by atoms with Crippen LogP contribution >= 0.6 is 11.8 Å². The fraction of sp³-hybridized carbons (Fsp3) is 0.400. The highest BCUT2D eigenvalue weighted by Crippen LogP contribution is 2.31. The predicted octanol–water partition coefficient (Wildman–Crippen LogP) is 2.09. The number of nitrogens with two attached hydrogens (primary N) is 1. The number of fused-ring (bicyclic) bond motifs is 1. The summed E-state index contributed by atoms with van der Waals surface area (Å²) in [6.07, 6.45) is 4.24. The molecule has 0 saturated heterocycles. The molecule has 0 bridgehead atoms. The molecule has 110 valence electrons. The van der Waals surface area contributed by atoms with E-state index in [1.807, 2.05) is 18.2 Å². The van der Waals surface area contributed by atoms with Crippen LogP contribution in [0.4, 0.5) is 0 Å². The zero-order valence-electron chi connectivity index (χ0n) is 11.6. The van der Waals surface area contributed by atoms with Crippen molar-refractivity contribution in [3.05, 3.63) is 34.6 Å². The fourth-order valence-corrected chi connectivity index (χ4v) is 3.65. The number of primary amides is 1. The molecule has 3 rings (SSSR count). The lowest BCUT2D eigenvalue weighted by Gasteiger charge is -2.18. The topological polar surface area (TPSA) is 78.0 Å². The van der Waals surface area contributed by atoms with Crippen LogP contribution in [0.2, 0.25) is 0 Å². The molecule has 0 unspecified atom stereocenters. The van der Waals surface area contributed by atoms with E-state index in [9.17, 15) is 9.59 Å². The van der Waals surface area contributed by atoms with Crippen LogP contribution in [0.5, 0.6) is 0 Å². The minimum absolute atomic E-state index is 0.0144. The van der Waals surface area contributed by atoms with E-state index in [-0.39, 0.29) is 17.4 Å². The minimum Gasteiger partial charge on any atom is -0.369 e. The molecule has 1 aliphatic rings. The van der Waals surface area contributed by atoms with Gasteiger partial charge in [0, 0.05) is 6.04 Å². The lowest BCUT2D eigenvalue weighted by atomic mass is 10.2. The molecule has 2 N–H and O–H groups in total. The zero-order chi connectivity index (χ0) is 14.8. The standard InChI is InChI=1S/C15H17N3O2S/c16-13(19)9-21-15-17-12-8-4-3-7-11(12)14(20)18(15)10-5-1-2-6-10/h3-4,7-8,10H,1-2,5-6,9H2,(H2,16,19). The Morgan fingerprint density at radius 3 is 2.76 bits per heavy atom. The first-order chi connectivity index (χ1) is 10.2. The van der Waals surface area contributed by atoms with E-state index in [0.717, 1.165) is 25.7 Å². The van der Waals surface area contributed by atoms with Crippen LogP contribution in [0.15, 0.2) is 34.2 Å². The molecule has 1 aliphatic carbocycles. The third kappa shape index (κ3) is 2.81.